The van der Waals surface area contributed by atoms with E-state index >= 15 is 0 Å². The molecule has 1 aliphatic rings. The van der Waals surface area contributed by atoms with E-state index in [9.17, 15) is 8.42 Å². The lowest BCUT2D eigenvalue weighted by Gasteiger charge is -2.15. The molecule has 1 atom stereocenters. The summed E-state index contributed by atoms with van der Waals surface area (Å²) in [7, 11) is -3.33. The maximum Gasteiger partial charge on any atom is 0.180 e. The van der Waals surface area contributed by atoms with Gasteiger partial charge in [-0.1, -0.05) is 48.5 Å². The first-order valence-electron chi connectivity index (χ1n) is 9.65. The van der Waals surface area contributed by atoms with Crippen molar-refractivity contribution in [2.24, 2.45) is 0 Å². The Bertz CT molecular complexity index is 1320. The molecule has 0 saturated carbocycles. The molecule has 6 heteroatoms. The van der Waals surface area contributed by atoms with Gasteiger partial charge in [0.05, 0.1) is 27.1 Å². The highest BCUT2D eigenvalue weighted by Gasteiger charge is 2.37. The molecule has 1 unspecified atom stereocenters. The van der Waals surface area contributed by atoms with Crippen molar-refractivity contribution in [3.8, 4) is 5.75 Å². The van der Waals surface area contributed by atoms with Crippen LogP contribution >= 0.6 is 11.8 Å². The van der Waals surface area contributed by atoms with Gasteiger partial charge in [-0.15, -0.1) is 11.8 Å². The van der Waals surface area contributed by atoms with Crippen LogP contribution in [0.1, 0.15) is 16.5 Å². The van der Waals surface area contributed by atoms with Crippen LogP contribution in [0.4, 0.5) is 0 Å². The lowest BCUT2D eigenvalue weighted by atomic mass is 10.1. The van der Waals surface area contributed by atoms with Crippen molar-refractivity contribution >= 4 is 32.5 Å². The van der Waals surface area contributed by atoms with E-state index in [1.54, 1.807) is 23.9 Å². The molecule has 0 spiro atoms. The summed E-state index contributed by atoms with van der Waals surface area (Å²) in [4.78, 5) is 6.06. The van der Waals surface area contributed by atoms with Gasteiger partial charge in [-0.05, 0) is 36.4 Å². The SMILES string of the molecule is O=S1(=O)CC(Sc2ccccc2)c2c(OCc3ccc4ccccc4n3)cccc21. The van der Waals surface area contributed by atoms with Crippen molar-refractivity contribution in [3.63, 3.8) is 0 Å². The molecule has 150 valence electrons. The van der Waals surface area contributed by atoms with E-state index in [0.29, 0.717) is 10.6 Å². The van der Waals surface area contributed by atoms with Gasteiger partial charge in [-0.25, -0.2) is 13.4 Å². The summed E-state index contributed by atoms with van der Waals surface area (Å²) >= 11 is 1.56. The topological polar surface area (TPSA) is 56.3 Å². The molecule has 1 aliphatic heterocycles. The van der Waals surface area contributed by atoms with Gasteiger partial charge in [-0.2, -0.15) is 0 Å². The van der Waals surface area contributed by atoms with Gasteiger partial charge >= 0.3 is 0 Å². The maximum atomic E-state index is 12.7. The number of hydrogen-bond acceptors (Lipinski definition) is 5. The molecule has 2 heterocycles. The Kier molecular flexibility index (Phi) is 4.97. The first kappa shape index (κ1) is 19.2. The summed E-state index contributed by atoms with van der Waals surface area (Å²) < 4.78 is 31.6. The third-order valence-corrected chi connectivity index (χ3v) is 8.35. The smallest absolute Gasteiger partial charge is 0.180 e. The number of aromatic nitrogens is 1. The van der Waals surface area contributed by atoms with Crippen LogP contribution in [0.5, 0.6) is 5.75 Å². The molecule has 5 rings (SSSR count). The average Bonchev–Trinajstić information content (AvgIpc) is 3.03. The zero-order valence-electron chi connectivity index (χ0n) is 16.1. The molecular weight excluding hydrogens is 414 g/mol. The van der Waals surface area contributed by atoms with E-state index < -0.39 is 9.84 Å². The fourth-order valence-corrected chi connectivity index (χ4v) is 7.20. The van der Waals surface area contributed by atoms with Crippen molar-refractivity contribution in [1.29, 1.82) is 0 Å². The summed E-state index contributed by atoms with van der Waals surface area (Å²) in [5.41, 5.74) is 2.48. The number of thioether (sulfide) groups is 1. The number of fused-ring (bicyclic) bond motifs is 2. The molecule has 0 amide bonds. The summed E-state index contributed by atoms with van der Waals surface area (Å²) in [6.07, 6.45) is 0. The maximum absolute atomic E-state index is 12.7. The largest absolute Gasteiger partial charge is 0.487 e. The van der Waals surface area contributed by atoms with Gasteiger partial charge in [0.1, 0.15) is 12.4 Å². The van der Waals surface area contributed by atoms with Crippen molar-refractivity contribution in [3.05, 3.63) is 96.2 Å². The molecule has 4 nitrogen and oxygen atoms in total. The van der Waals surface area contributed by atoms with Crippen LogP contribution < -0.4 is 4.74 Å². The van der Waals surface area contributed by atoms with Crippen molar-refractivity contribution in [2.75, 3.05) is 5.75 Å². The minimum Gasteiger partial charge on any atom is -0.487 e. The zero-order chi connectivity index (χ0) is 20.6. The number of hydrogen-bond donors (Lipinski definition) is 0. The Hall–Kier alpha value is -2.83. The second kappa shape index (κ2) is 7.78. The highest BCUT2D eigenvalue weighted by Crippen LogP contribution is 2.48. The van der Waals surface area contributed by atoms with E-state index in [0.717, 1.165) is 27.1 Å². The van der Waals surface area contributed by atoms with Gasteiger partial charge in [0.2, 0.25) is 0 Å². The number of para-hydroxylation sites is 1. The summed E-state index contributed by atoms with van der Waals surface area (Å²) in [5.74, 6) is 0.688. The lowest BCUT2D eigenvalue weighted by molar-refractivity contribution is 0.298. The Labute approximate surface area is 179 Å². The number of nitrogens with zero attached hydrogens (tertiary/aromatic N) is 1. The first-order chi connectivity index (χ1) is 14.6. The van der Waals surface area contributed by atoms with Crippen molar-refractivity contribution < 1.29 is 13.2 Å². The van der Waals surface area contributed by atoms with Crippen LogP contribution in [-0.4, -0.2) is 19.2 Å². The Balaban J connectivity index is 1.45. The van der Waals surface area contributed by atoms with Crippen molar-refractivity contribution in [2.45, 2.75) is 21.6 Å². The number of pyridine rings is 1. The predicted octanol–water partition coefficient (Wildman–Crippen LogP) is 5.43. The Morgan fingerprint density at radius 1 is 0.900 bits per heavy atom. The fourth-order valence-electron chi connectivity index (χ4n) is 3.71. The van der Waals surface area contributed by atoms with Crippen LogP contribution in [0, 0.1) is 0 Å². The molecule has 30 heavy (non-hydrogen) atoms. The summed E-state index contributed by atoms with van der Waals surface area (Å²) in [6.45, 7) is 0.282. The zero-order valence-corrected chi connectivity index (χ0v) is 17.7. The van der Waals surface area contributed by atoms with E-state index in [2.05, 4.69) is 4.98 Å². The van der Waals surface area contributed by atoms with E-state index in [1.165, 1.54) is 0 Å². The summed E-state index contributed by atoms with van der Waals surface area (Å²) in [5, 5.41) is 0.875. The molecule has 3 aromatic carbocycles. The van der Waals surface area contributed by atoms with Gasteiger partial charge < -0.3 is 4.74 Å². The fraction of sp³-hybridized carbons (Fsp3) is 0.125. The van der Waals surface area contributed by atoms with Crippen LogP contribution in [0.15, 0.2) is 94.7 Å². The van der Waals surface area contributed by atoms with Crippen LogP contribution in [-0.2, 0) is 16.4 Å². The molecular formula is C24H19NO3S2. The molecule has 0 N–H and O–H groups in total. The minimum atomic E-state index is -3.33. The quantitative estimate of drug-likeness (QED) is 0.420. The average molecular weight is 434 g/mol. The highest BCUT2D eigenvalue weighted by atomic mass is 32.2. The molecule has 0 fully saturated rings. The number of ether oxygens (including phenoxy) is 1. The van der Waals surface area contributed by atoms with E-state index in [1.807, 2.05) is 72.8 Å². The van der Waals surface area contributed by atoms with Crippen LogP contribution in [0.3, 0.4) is 0 Å². The molecule has 0 aliphatic carbocycles. The highest BCUT2D eigenvalue weighted by molar-refractivity contribution is 8.01. The monoisotopic (exact) mass is 433 g/mol. The molecule has 0 saturated heterocycles. The molecule has 0 bridgehead atoms. The van der Waals surface area contributed by atoms with E-state index in [-0.39, 0.29) is 17.6 Å². The Morgan fingerprint density at radius 2 is 1.70 bits per heavy atom. The normalized spacial score (nSPS) is 17.0. The second-order valence-electron chi connectivity index (χ2n) is 7.15. The first-order valence-corrected chi connectivity index (χ1v) is 12.2. The van der Waals surface area contributed by atoms with Gasteiger partial charge in [0.15, 0.2) is 9.84 Å². The summed E-state index contributed by atoms with van der Waals surface area (Å²) in [6, 6.07) is 27.0. The molecule has 4 aromatic rings. The van der Waals surface area contributed by atoms with Crippen molar-refractivity contribution in [1.82, 2.24) is 4.98 Å². The predicted molar refractivity (Wildman–Crippen MR) is 120 cm³/mol. The van der Waals surface area contributed by atoms with Gasteiger partial charge in [-0.3, -0.25) is 0 Å². The lowest BCUT2D eigenvalue weighted by Crippen LogP contribution is -2.02. The van der Waals surface area contributed by atoms with Gasteiger partial charge in [0, 0.05) is 15.8 Å². The molecule has 1 aromatic heterocycles. The second-order valence-corrected chi connectivity index (χ2v) is 10.4. The number of benzene rings is 3. The third kappa shape index (κ3) is 3.68. The Morgan fingerprint density at radius 3 is 2.57 bits per heavy atom. The van der Waals surface area contributed by atoms with Gasteiger partial charge in [0.25, 0.3) is 0 Å². The van der Waals surface area contributed by atoms with Crippen LogP contribution in [0.25, 0.3) is 10.9 Å². The number of rotatable bonds is 5. The van der Waals surface area contributed by atoms with E-state index in [4.69, 9.17) is 4.74 Å². The minimum absolute atomic E-state index is 0.0799. The number of sulfone groups is 1. The van der Waals surface area contributed by atoms with Crippen LogP contribution in [0.2, 0.25) is 0 Å². The standard InChI is InChI=1S/C24H19NO3S2/c26-30(27)16-22(29-19-8-2-1-3-9-19)24-21(11-6-12-23(24)30)28-15-18-14-13-17-7-4-5-10-20(17)25-18/h1-14,22H,15-16H2. The third-order valence-electron chi connectivity index (χ3n) is 5.11. The molecule has 0 radical (unpaired) electrons.